The van der Waals surface area contributed by atoms with E-state index in [0.717, 1.165) is 38.4 Å². The number of para-hydroxylation sites is 1. The summed E-state index contributed by atoms with van der Waals surface area (Å²) in [6, 6.07) is 15.3. The molecule has 166 valence electrons. The summed E-state index contributed by atoms with van der Waals surface area (Å²) in [5.74, 6) is 1.62. The average molecular weight is 469 g/mol. The molecule has 0 aliphatic heterocycles. The Bertz CT molecular complexity index is 1050. The van der Waals surface area contributed by atoms with Gasteiger partial charge >= 0.3 is 0 Å². The Morgan fingerprint density at radius 1 is 1.16 bits per heavy atom. The maximum absolute atomic E-state index is 11.8. The topological polar surface area (TPSA) is 85.7 Å². The first-order valence-corrected chi connectivity index (χ1v) is 11.7. The number of amides is 1. The van der Waals surface area contributed by atoms with Crippen LogP contribution in [0.3, 0.4) is 0 Å². The molecule has 2 aromatic carbocycles. The molecule has 0 saturated carbocycles. The van der Waals surface area contributed by atoms with Gasteiger partial charge in [0.1, 0.15) is 29.7 Å². The zero-order valence-electron chi connectivity index (χ0n) is 17.7. The van der Waals surface area contributed by atoms with Crippen LogP contribution in [0.15, 0.2) is 70.6 Å². The van der Waals surface area contributed by atoms with Gasteiger partial charge in [0.25, 0.3) is 5.91 Å². The lowest BCUT2D eigenvalue weighted by atomic mass is 10.1. The zero-order valence-corrected chi connectivity index (χ0v) is 19.3. The van der Waals surface area contributed by atoms with Crippen LogP contribution in [0.5, 0.6) is 11.5 Å². The molecular formula is C23H24N4O3S2. The molecule has 0 unspecified atom stereocenters. The number of nitrogens with one attached hydrogen (secondary N) is 1. The van der Waals surface area contributed by atoms with Gasteiger partial charge in [-0.15, -0.1) is 16.8 Å². The van der Waals surface area contributed by atoms with Gasteiger partial charge in [-0.3, -0.25) is 4.79 Å². The minimum Gasteiger partial charge on any atom is -0.490 e. The number of hydrogen-bond acceptors (Lipinski definition) is 8. The van der Waals surface area contributed by atoms with Crippen molar-refractivity contribution in [3.8, 4) is 11.5 Å². The lowest BCUT2D eigenvalue weighted by Crippen LogP contribution is -2.19. The number of carbonyl (C=O) groups excluding carboxylic acids is 1. The molecule has 7 nitrogen and oxygen atoms in total. The fraction of sp³-hybridized carbons (Fsp3) is 0.217. The molecule has 0 radical (unpaired) electrons. The summed E-state index contributed by atoms with van der Waals surface area (Å²) in [6.07, 6.45) is 4.21. The summed E-state index contributed by atoms with van der Waals surface area (Å²) >= 11 is 2.80. The van der Waals surface area contributed by atoms with Crippen LogP contribution in [0.25, 0.3) is 0 Å². The van der Waals surface area contributed by atoms with Gasteiger partial charge in [0, 0.05) is 0 Å². The SMILES string of the molecule is C=CCc1ccccc1OCCOc1ccc(/C=N/NC(=O)CSc2nnc(C)s2)cc1. The van der Waals surface area contributed by atoms with E-state index in [0.29, 0.717) is 13.2 Å². The number of hydrazone groups is 1. The van der Waals surface area contributed by atoms with E-state index in [1.165, 1.54) is 23.1 Å². The number of nitrogens with zero attached hydrogens (tertiary/aromatic N) is 3. The van der Waals surface area contributed by atoms with Gasteiger partial charge in [-0.1, -0.05) is 47.4 Å². The Morgan fingerprint density at radius 3 is 2.69 bits per heavy atom. The van der Waals surface area contributed by atoms with Gasteiger partial charge in [0.15, 0.2) is 4.34 Å². The minimum absolute atomic E-state index is 0.200. The molecule has 0 bridgehead atoms. The lowest BCUT2D eigenvalue weighted by molar-refractivity contribution is -0.118. The highest BCUT2D eigenvalue weighted by Crippen LogP contribution is 2.21. The van der Waals surface area contributed by atoms with Crippen molar-refractivity contribution >= 4 is 35.2 Å². The molecule has 3 aromatic rings. The number of hydrogen-bond donors (Lipinski definition) is 1. The van der Waals surface area contributed by atoms with Crippen molar-refractivity contribution in [1.29, 1.82) is 0 Å². The van der Waals surface area contributed by atoms with Gasteiger partial charge in [0.05, 0.1) is 12.0 Å². The van der Waals surface area contributed by atoms with Gasteiger partial charge in [0.2, 0.25) is 0 Å². The van der Waals surface area contributed by atoms with Gasteiger partial charge in [-0.25, -0.2) is 5.43 Å². The van der Waals surface area contributed by atoms with Crippen LogP contribution < -0.4 is 14.9 Å². The number of aromatic nitrogens is 2. The predicted molar refractivity (Wildman–Crippen MR) is 129 cm³/mol. The Morgan fingerprint density at radius 2 is 1.94 bits per heavy atom. The molecule has 0 aliphatic carbocycles. The average Bonchev–Trinajstić information content (AvgIpc) is 3.22. The van der Waals surface area contributed by atoms with E-state index in [1.54, 1.807) is 6.21 Å². The third-order valence-corrected chi connectivity index (χ3v) is 6.04. The van der Waals surface area contributed by atoms with Crippen molar-refractivity contribution in [2.45, 2.75) is 17.7 Å². The van der Waals surface area contributed by atoms with Gasteiger partial charge < -0.3 is 9.47 Å². The summed E-state index contributed by atoms with van der Waals surface area (Å²) in [5.41, 5.74) is 4.46. The Kier molecular flexibility index (Phi) is 9.27. The van der Waals surface area contributed by atoms with Gasteiger partial charge in [-0.05, 0) is 54.8 Å². The van der Waals surface area contributed by atoms with E-state index in [2.05, 4.69) is 27.3 Å². The third-order valence-electron chi connectivity index (χ3n) is 4.06. The molecule has 1 N–H and O–H groups in total. The van der Waals surface area contributed by atoms with Crippen LogP contribution in [0.2, 0.25) is 0 Å². The smallest absolute Gasteiger partial charge is 0.250 e. The Labute approximate surface area is 195 Å². The van der Waals surface area contributed by atoms with Crippen LogP contribution >= 0.6 is 23.1 Å². The first-order valence-electron chi connectivity index (χ1n) is 9.93. The quantitative estimate of drug-likeness (QED) is 0.140. The van der Waals surface area contributed by atoms with Crippen LogP contribution in [0.1, 0.15) is 16.1 Å². The van der Waals surface area contributed by atoms with E-state index in [1.807, 2.05) is 61.5 Å². The van der Waals surface area contributed by atoms with Crippen molar-refractivity contribution < 1.29 is 14.3 Å². The Balaban J connectivity index is 1.36. The molecule has 3 rings (SSSR count). The van der Waals surface area contributed by atoms with Crippen LogP contribution in [0.4, 0.5) is 0 Å². The first-order chi connectivity index (χ1) is 15.6. The molecular weight excluding hydrogens is 444 g/mol. The minimum atomic E-state index is -0.200. The van der Waals surface area contributed by atoms with Crippen molar-refractivity contribution in [2.75, 3.05) is 19.0 Å². The molecule has 0 aliphatic rings. The van der Waals surface area contributed by atoms with E-state index >= 15 is 0 Å². The number of ether oxygens (including phenoxy) is 2. The van der Waals surface area contributed by atoms with E-state index < -0.39 is 0 Å². The number of carbonyl (C=O) groups is 1. The number of thioether (sulfide) groups is 1. The molecule has 0 spiro atoms. The first kappa shape index (κ1) is 23.5. The second-order valence-electron chi connectivity index (χ2n) is 6.54. The summed E-state index contributed by atoms with van der Waals surface area (Å²) in [4.78, 5) is 11.8. The van der Waals surface area contributed by atoms with Crippen LogP contribution in [0, 0.1) is 6.92 Å². The largest absolute Gasteiger partial charge is 0.490 e. The highest BCUT2D eigenvalue weighted by Gasteiger charge is 2.05. The molecule has 0 saturated heterocycles. The summed E-state index contributed by atoms with van der Waals surface area (Å²) < 4.78 is 12.3. The van der Waals surface area contributed by atoms with E-state index in [4.69, 9.17) is 9.47 Å². The molecule has 9 heteroatoms. The molecule has 1 amide bonds. The maximum Gasteiger partial charge on any atom is 0.250 e. The third kappa shape index (κ3) is 7.82. The van der Waals surface area contributed by atoms with Crippen molar-refractivity contribution in [2.24, 2.45) is 5.10 Å². The molecule has 0 atom stereocenters. The normalized spacial score (nSPS) is 10.8. The molecule has 1 aromatic heterocycles. The van der Waals surface area contributed by atoms with Crippen LogP contribution in [-0.2, 0) is 11.2 Å². The standard InChI is InChI=1S/C23H24N4O3S2/c1-3-6-19-7-4-5-8-21(19)30-14-13-29-20-11-9-18(10-12-20)15-24-26-22(28)16-31-23-27-25-17(2)32-23/h3-5,7-12,15H,1,6,13-14,16H2,2H3,(H,26,28)/b24-15+. The molecule has 32 heavy (non-hydrogen) atoms. The lowest BCUT2D eigenvalue weighted by Gasteiger charge is -2.11. The van der Waals surface area contributed by atoms with Crippen molar-refractivity contribution in [3.63, 3.8) is 0 Å². The molecule has 0 fully saturated rings. The Hall–Kier alpha value is -3.17. The maximum atomic E-state index is 11.8. The van der Waals surface area contributed by atoms with Crippen molar-refractivity contribution in [3.05, 3.63) is 77.3 Å². The number of rotatable bonds is 12. The monoisotopic (exact) mass is 468 g/mol. The highest BCUT2D eigenvalue weighted by molar-refractivity contribution is 8.01. The second-order valence-corrected chi connectivity index (χ2v) is 8.94. The number of aryl methyl sites for hydroxylation is 1. The van der Waals surface area contributed by atoms with Gasteiger partial charge in [-0.2, -0.15) is 5.10 Å². The number of benzene rings is 2. The van der Waals surface area contributed by atoms with E-state index in [9.17, 15) is 4.79 Å². The predicted octanol–water partition coefficient (Wildman–Crippen LogP) is 4.28. The molecule has 1 heterocycles. The fourth-order valence-electron chi connectivity index (χ4n) is 2.61. The number of allylic oxidation sites excluding steroid dienone is 1. The van der Waals surface area contributed by atoms with Crippen molar-refractivity contribution in [1.82, 2.24) is 15.6 Å². The summed E-state index contributed by atoms with van der Waals surface area (Å²) in [6.45, 7) is 6.52. The summed E-state index contributed by atoms with van der Waals surface area (Å²) in [7, 11) is 0. The zero-order chi connectivity index (χ0) is 22.6. The van der Waals surface area contributed by atoms with Crippen LogP contribution in [-0.4, -0.2) is 41.3 Å². The second kappa shape index (κ2) is 12.6. The highest BCUT2D eigenvalue weighted by atomic mass is 32.2. The summed E-state index contributed by atoms with van der Waals surface area (Å²) in [5, 5.41) is 12.7. The fourth-order valence-corrected chi connectivity index (χ4v) is 4.21. The van der Waals surface area contributed by atoms with E-state index in [-0.39, 0.29) is 11.7 Å².